The third-order valence-electron chi connectivity index (χ3n) is 2.95. The molecular weight excluding hydrogens is 305 g/mol. The third-order valence-corrected chi connectivity index (χ3v) is 4.60. The number of nitrogens with one attached hydrogen (secondary N) is 2. The van der Waals surface area contributed by atoms with E-state index < -0.39 is 15.8 Å². The fraction of sp³-hybridized carbons (Fsp3) is 0.267. The van der Waals surface area contributed by atoms with Crippen LogP contribution >= 0.6 is 0 Å². The van der Waals surface area contributed by atoms with Crippen LogP contribution in [-0.2, 0) is 16.4 Å². The van der Waals surface area contributed by atoms with Gasteiger partial charge in [-0.3, -0.25) is 0 Å². The minimum absolute atomic E-state index is 0.119. The van der Waals surface area contributed by atoms with Crippen LogP contribution in [0.5, 0.6) is 0 Å². The van der Waals surface area contributed by atoms with Gasteiger partial charge in [-0.1, -0.05) is 0 Å². The first kappa shape index (κ1) is 16.2. The molecule has 0 spiro atoms. The zero-order valence-electron chi connectivity index (χ0n) is 12.2. The number of halogens is 1. The van der Waals surface area contributed by atoms with Crippen molar-refractivity contribution < 1.29 is 12.8 Å². The summed E-state index contributed by atoms with van der Waals surface area (Å²) < 4.78 is 40.6. The molecule has 7 heteroatoms. The Morgan fingerprint density at radius 1 is 1.32 bits per heavy atom. The first-order valence-electron chi connectivity index (χ1n) is 6.70. The fourth-order valence-corrected chi connectivity index (χ4v) is 3.31. The van der Waals surface area contributed by atoms with Crippen molar-refractivity contribution in [2.45, 2.75) is 31.2 Å². The highest BCUT2D eigenvalue weighted by atomic mass is 32.2. The molecule has 0 saturated heterocycles. The van der Waals surface area contributed by atoms with E-state index in [9.17, 15) is 12.8 Å². The van der Waals surface area contributed by atoms with Crippen LogP contribution in [0.1, 0.15) is 19.5 Å². The molecule has 0 atom stereocenters. The number of H-pyrrole nitrogens is 1. The van der Waals surface area contributed by atoms with Gasteiger partial charge in [0, 0.05) is 23.0 Å². The maximum atomic E-state index is 14.2. The van der Waals surface area contributed by atoms with E-state index in [4.69, 9.17) is 5.26 Å². The van der Waals surface area contributed by atoms with Gasteiger partial charge in [-0.05, 0) is 44.2 Å². The van der Waals surface area contributed by atoms with E-state index in [0.717, 1.165) is 6.07 Å². The van der Waals surface area contributed by atoms with Gasteiger partial charge < -0.3 is 4.98 Å². The molecule has 0 aliphatic rings. The van der Waals surface area contributed by atoms with E-state index in [1.165, 1.54) is 12.1 Å². The van der Waals surface area contributed by atoms with Crippen molar-refractivity contribution in [1.82, 2.24) is 9.71 Å². The van der Waals surface area contributed by atoms with Crippen molar-refractivity contribution in [3.63, 3.8) is 0 Å². The normalized spacial score (nSPS) is 11.6. The molecule has 22 heavy (non-hydrogen) atoms. The molecule has 0 bridgehead atoms. The first-order valence-corrected chi connectivity index (χ1v) is 8.19. The summed E-state index contributed by atoms with van der Waals surface area (Å²) in [5.74, 6) is -0.642. The molecule has 5 nitrogen and oxygen atoms in total. The van der Waals surface area contributed by atoms with Crippen molar-refractivity contribution in [2.24, 2.45) is 0 Å². The van der Waals surface area contributed by atoms with Crippen LogP contribution in [0.15, 0.2) is 35.2 Å². The highest BCUT2D eigenvalue weighted by Crippen LogP contribution is 2.24. The summed E-state index contributed by atoms with van der Waals surface area (Å²) in [5.41, 5.74) is 1.44. The van der Waals surface area contributed by atoms with E-state index in [0.29, 0.717) is 11.4 Å². The summed E-state index contributed by atoms with van der Waals surface area (Å²) in [7, 11) is -3.73. The van der Waals surface area contributed by atoms with E-state index in [1.54, 1.807) is 26.0 Å². The molecular formula is C15H16FN3O2S. The van der Waals surface area contributed by atoms with E-state index in [2.05, 4.69) is 9.71 Å². The molecule has 1 aromatic carbocycles. The quantitative estimate of drug-likeness (QED) is 0.887. The molecule has 2 aromatic rings. The van der Waals surface area contributed by atoms with Gasteiger partial charge in [0.25, 0.3) is 0 Å². The molecule has 116 valence electrons. The minimum Gasteiger partial charge on any atom is -0.357 e. The lowest BCUT2D eigenvalue weighted by atomic mass is 10.1. The second-order valence-corrected chi connectivity index (χ2v) is 6.86. The van der Waals surface area contributed by atoms with Crippen molar-refractivity contribution in [2.75, 3.05) is 0 Å². The Balaban J connectivity index is 2.36. The molecule has 1 aromatic heterocycles. The number of benzene rings is 1. The van der Waals surface area contributed by atoms with Gasteiger partial charge >= 0.3 is 0 Å². The number of aromatic nitrogens is 1. The Labute approximate surface area is 128 Å². The number of hydrogen-bond acceptors (Lipinski definition) is 3. The van der Waals surface area contributed by atoms with Crippen molar-refractivity contribution in [3.05, 3.63) is 41.8 Å². The van der Waals surface area contributed by atoms with Gasteiger partial charge in [-0.2, -0.15) is 5.26 Å². The monoisotopic (exact) mass is 321 g/mol. The minimum atomic E-state index is -3.73. The number of nitrogens with zero attached hydrogens (tertiary/aromatic N) is 1. The number of sulfonamides is 1. The standard InChI is InChI=1S/C15H16FN3O2S/c1-10(2)19-22(20,21)12-4-5-13(14(16)9-12)15-6-3-11(18-15)7-8-17/h3-6,9-10,18-19H,7H2,1-2H3. The average molecular weight is 321 g/mol. The molecule has 0 unspecified atom stereocenters. The molecule has 0 fully saturated rings. The zero-order chi connectivity index (χ0) is 16.3. The summed E-state index contributed by atoms with van der Waals surface area (Å²) >= 11 is 0. The van der Waals surface area contributed by atoms with Crippen LogP contribution in [0.3, 0.4) is 0 Å². The van der Waals surface area contributed by atoms with Gasteiger partial charge in [-0.25, -0.2) is 17.5 Å². The van der Waals surface area contributed by atoms with Crippen LogP contribution in [-0.4, -0.2) is 19.4 Å². The predicted molar refractivity (Wildman–Crippen MR) is 81.0 cm³/mol. The predicted octanol–water partition coefficient (Wildman–Crippen LogP) is 2.57. The average Bonchev–Trinajstić information content (AvgIpc) is 2.86. The molecule has 2 N–H and O–H groups in total. The number of hydrogen-bond donors (Lipinski definition) is 2. The highest BCUT2D eigenvalue weighted by Gasteiger charge is 2.18. The van der Waals surface area contributed by atoms with Gasteiger partial charge in [0.05, 0.1) is 17.4 Å². The van der Waals surface area contributed by atoms with Gasteiger partial charge in [0.2, 0.25) is 10.0 Å². The third kappa shape index (κ3) is 3.53. The van der Waals surface area contributed by atoms with Crippen LogP contribution < -0.4 is 4.72 Å². The topological polar surface area (TPSA) is 85.8 Å². The lowest BCUT2D eigenvalue weighted by Crippen LogP contribution is -2.30. The van der Waals surface area contributed by atoms with E-state index in [-0.39, 0.29) is 22.9 Å². The molecule has 1 heterocycles. The first-order chi connectivity index (χ1) is 10.3. The Morgan fingerprint density at radius 3 is 2.64 bits per heavy atom. The lowest BCUT2D eigenvalue weighted by molar-refractivity contribution is 0.567. The summed E-state index contributed by atoms with van der Waals surface area (Å²) in [6.45, 7) is 3.38. The molecule has 0 amide bonds. The van der Waals surface area contributed by atoms with Gasteiger partial charge in [0.15, 0.2) is 0 Å². The lowest BCUT2D eigenvalue weighted by Gasteiger charge is -2.10. The summed E-state index contributed by atoms with van der Waals surface area (Å²) in [4.78, 5) is 2.81. The molecule has 0 aliphatic heterocycles. The summed E-state index contributed by atoms with van der Waals surface area (Å²) in [5, 5.41) is 8.63. The van der Waals surface area contributed by atoms with Crippen molar-refractivity contribution in [1.29, 1.82) is 5.26 Å². The van der Waals surface area contributed by atoms with Crippen LogP contribution in [0.2, 0.25) is 0 Å². The molecule has 0 saturated carbocycles. The van der Waals surface area contributed by atoms with Crippen LogP contribution in [0.25, 0.3) is 11.3 Å². The van der Waals surface area contributed by atoms with Crippen LogP contribution in [0.4, 0.5) is 4.39 Å². The Bertz CT molecular complexity index is 820. The summed E-state index contributed by atoms with van der Waals surface area (Å²) in [6, 6.07) is 8.84. The maximum absolute atomic E-state index is 14.2. The second-order valence-electron chi connectivity index (χ2n) is 5.15. The smallest absolute Gasteiger partial charge is 0.240 e. The van der Waals surface area contributed by atoms with Gasteiger partial charge in [0.1, 0.15) is 5.82 Å². The zero-order valence-corrected chi connectivity index (χ0v) is 13.0. The fourth-order valence-electron chi connectivity index (χ4n) is 2.05. The Kier molecular flexibility index (Phi) is 4.64. The largest absolute Gasteiger partial charge is 0.357 e. The number of nitriles is 1. The molecule has 2 rings (SSSR count). The Hall–Kier alpha value is -2.17. The molecule has 0 radical (unpaired) electrons. The van der Waals surface area contributed by atoms with Gasteiger partial charge in [-0.15, -0.1) is 0 Å². The number of rotatable bonds is 5. The second kappa shape index (κ2) is 6.30. The Morgan fingerprint density at radius 2 is 2.05 bits per heavy atom. The SMILES string of the molecule is CC(C)NS(=O)(=O)c1ccc(-c2ccc(CC#N)[nH]2)c(F)c1. The maximum Gasteiger partial charge on any atom is 0.240 e. The van der Waals surface area contributed by atoms with E-state index in [1.807, 2.05) is 6.07 Å². The molecule has 0 aliphatic carbocycles. The van der Waals surface area contributed by atoms with E-state index >= 15 is 0 Å². The summed E-state index contributed by atoms with van der Waals surface area (Å²) in [6.07, 6.45) is 0.201. The number of aromatic amines is 1. The van der Waals surface area contributed by atoms with Crippen LogP contribution in [0, 0.1) is 17.1 Å². The van der Waals surface area contributed by atoms with Crippen molar-refractivity contribution >= 4 is 10.0 Å². The van der Waals surface area contributed by atoms with Crippen molar-refractivity contribution in [3.8, 4) is 17.3 Å². The highest BCUT2D eigenvalue weighted by molar-refractivity contribution is 7.89.